The van der Waals surface area contributed by atoms with Crippen LogP contribution in [0.1, 0.15) is 43.9 Å². The summed E-state index contributed by atoms with van der Waals surface area (Å²) in [6, 6.07) is 14.1. The second-order valence-electron chi connectivity index (χ2n) is 7.96. The summed E-state index contributed by atoms with van der Waals surface area (Å²) in [6.45, 7) is 7.58. The van der Waals surface area contributed by atoms with Gasteiger partial charge in [0.05, 0.1) is 17.1 Å². The number of carbonyl (C=O) groups excluding carboxylic acids is 1. The second-order valence-corrected chi connectivity index (χ2v) is 9.50. The maximum atomic E-state index is 13.4. The third kappa shape index (κ3) is 4.58. The first-order valence-electron chi connectivity index (χ1n) is 10.3. The van der Waals surface area contributed by atoms with E-state index in [1.165, 1.54) is 0 Å². The molecule has 160 valence electrons. The first-order valence-corrected chi connectivity index (χ1v) is 11.7. The standard InChI is InChI=1S/C25H24ClIN2O2/c1-15-11-17(3)28-24(31-14-18-7-5-4-6-8-18)20(15)13-29-10-9-19-16(2)12-21(27)23(26)22(19)25(29)30/h4-8,11-12H,9-10,13-14H2,1-3H3. The van der Waals surface area contributed by atoms with Crippen molar-refractivity contribution in [1.29, 1.82) is 0 Å². The predicted molar refractivity (Wildman–Crippen MR) is 132 cm³/mol. The fourth-order valence-corrected chi connectivity index (χ4v) is 5.04. The lowest BCUT2D eigenvalue weighted by Gasteiger charge is -2.31. The summed E-state index contributed by atoms with van der Waals surface area (Å²) in [5.41, 5.74) is 6.81. The summed E-state index contributed by atoms with van der Waals surface area (Å²) in [7, 11) is 0. The van der Waals surface area contributed by atoms with Crippen LogP contribution in [0.25, 0.3) is 0 Å². The van der Waals surface area contributed by atoms with Gasteiger partial charge in [0.15, 0.2) is 0 Å². The Morgan fingerprint density at radius 2 is 1.87 bits per heavy atom. The van der Waals surface area contributed by atoms with Crippen LogP contribution in [0.3, 0.4) is 0 Å². The number of nitrogens with zero attached hydrogens (tertiary/aromatic N) is 2. The molecule has 0 unspecified atom stereocenters. The maximum Gasteiger partial charge on any atom is 0.256 e. The van der Waals surface area contributed by atoms with Gasteiger partial charge in [0.2, 0.25) is 5.88 Å². The summed E-state index contributed by atoms with van der Waals surface area (Å²) in [5.74, 6) is 0.562. The SMILES string of the molecule is Cc1cc(C)c(CN2CCc3c(C)cc(I)c(Cl)c3C2=O)c(OCc2ccccc2)n1. The molecule has 6 heteroatoms. The molecule has 0 radical (unpaired) electrons. The van der Waals surface area contributed by atoms with E-state index in [1.807, 2.05) is 68.1 Å². The number of ether oxygens (including phenoxy) is 1. The van der Waals surface area contributed by atoms with Crippen LogP contribution in [0.15, 0.2) is 42.5 Å². The molecular formula is C25H24ClIN2O2. The molecule has 0 N–H and O–H groups in total. The third-order valence-electron chi connectivity index (χ3n) is 5.69. The summed E-state index contributed by atoms with van der Waals surface area (Å²) in [5, 5.41) is 0.551. The Morgan fingerprint density at radius 3 is 2.61 bits per heavy atom. The molecule has 4 nitrogen and oxygen atoms in total. The Bertz CT molecular complexity index is 1150. The molecule has 4 rings (SSSR count). The first kappa shape index (κ1) is 22.1. The lowest BCUT2D eigenvalue weighted by atomic mass is 9.94. The zero-order valence-electron chi connectivity index (χ0n) is 17.8. The van der Waals surface area contributed by atoms with Crippen LogP contribution in [0.2, 0.25) is 5.02 Å². The minimum Gasteiger partial charge on any atom is -0.473 e. The van der Waals surface area contributed by atoms with Gasteiger partial charge in [-0.25, -0.2) is 4.98 Å². The predicted octanol–water partition coefficient (Wildman–Crippen LogP) is 6.04. The fraction of sp³-hybridized carbons (Fsp3) is 0.280. The Morgan fingerprint density at radius 1 is 1.13 bits per heavy atom. The number of carbonyl (C=O) groups is 1. The normalized spacial score (nSPS) is 13.3. The Kier molecular flexibility index (Phi) is 6.53. The minimum absolute atomic E-state index is 0.0261. The summed E-state index contributed by atoms with van der Waals surface area (Å²) in [6.07, 6.45) is 0.794. The van der Waals surface area contributed by atoms with E-state index in [0.29, 0.717) is 36.2 Å². The third-order valence-corrected chi connectivity index (χ3v) is 7.25. The smallest absolute Gasteiger partial charge is 0.256 e. The molecule has 2 aromatic carbocycles. The van der Waals surface area contributed by atoms with Gasteiger partial charge in [0.25, 0.3) is 5.91 Å². The van der Waals surface area contributed by atoms with Crippen molar-refractivity contribution in [3.8, 4) is 5.88 Å². The van der Waals surface area contributed by atoms with Crippen molar-refractivity contribution in [2.24, 2.45) is 0 Å². The van der Waals surface area contributed by atoms with Crippen molar-refractivity contribution in [2.45, 2.75) is 40.3 Å². The van der Waals surface area contributed by atoms with E-state index >= 15 is 0 Å². The molecule has 0 bridgehead atoms. The van der Waals surface area contributed by atoms with Crippen LogP contribution < -0.4 is 4.74 Å². The van der Waals surface area contributed by atoms with Gasteiger partial charge in [-0.05, 0) is 84.2 Å². The van der Waals surface area contributed by atoms with Crippen LogP contribution in [0, 0.1) is 24.3 Å². The molecule has 31 heavy (non-hydrogen) atoms. The number of amides is 1. The Balaban J connectivity index is 1.63. The zero-order chi connectivity index (χ0) is 22.1. The molecule has 0 spiro atoms. The van der Waals surface area contributed by atoms with Gasteiger partial charge in [-0.3, -0.25) is 4.79 Å². The molecule has 1 aliphatic heterocycles. The van der Waals surface area contributed by atoms with Gasteiger partial charge in [-0.2, -0.15) is 0 Å². The number of fused-ring (bicyclic) bond motifs is 1. The molecule has 0 fully saturated rings. The number of hydrogen-bond donors (Lipinski definition) is 0. The number of halogens is 2. The molecule has 1 amide bonds. The van der Waals surface area contributed by atoms with Crippen molar-refractivity contribution in [2.75, 3.05) is 6.54 Å². The summed E-state index contributed by atoms with van der Waals surface area (Å²) < 4.78 is 7.02. The van der Waals surface area contributed by atoms with Gasteiger partial charge in [-0.1, -0.05) is 41.9 Å². The van der Waals surface area contributed by atoms with Gasteiger partial charge >= 0.3 is 0 Å². The highest BCUT2D eigenvalue weighted by molar-refractivity contribution is 14.1. The molecule has 1 aliphatic rings. The van der Waals surface area contributed by atoms with E-state index < -0.39 is 0 Å². The van der Waals surface area contributed by atoms with Gasteiger partial charge in [0, 0.05) is 21.4 Å². The molecule has 2 heterocycles. The largest absolute Gasteiger partial charge is 0.473 e. The average Bonchev–Trinajstić information content (AvgIpc) is 2.74. The molecule has 0 aliphatic carbocycles. The van der Waals surface area contributed by atoms with Crippen molar-refractivity contribution < 1.29 is 9.53 Å². The van der Waals surface area contributed by atoms with Crippen LogP contribution in [0.4, 0.5) is 0 Å². The van der Waals surface area contributed by atoms with Gasteiger partial charge < -0.3 is 9.64 Å². The number of aryl methyl sites for hydroxylation is 3. The molecule has 0 atom stereocenters. The van der Waals surface area contributed by atoms with Crippen LogP contribution in [0.5, 0.6) is 5.88 Å². The van der Waals surface area contributed by atoms with Gasteiger partial charge in [0.1, 0.15) is 6.61 Å². The lowest BCUT2D eigenvalue weighted by Crippen LogP contribution is -2.38. The van der Waals surface area contributed by atoms with Crippen molar-refractivity contribution in [1.82, 2.24) is 9.88 Å². The van der Waals surface area contributed by atoms with Crippen LogP contribution >= 0.6 is 34.2 Å². The molecule has 0 saturated heterocycles. The molecular weight excluding hydrogens is 523 g/mol. The summed E-state index contributed by atoms with van der Waals surface area (Å²) >= 11 is 8.75. The lowest BCUT2D eigenvalue weighted by molar-refractivity contribution is 0.0724. The van der Waals surface area contributed by atoms with E-state index in [2.05, 4.69) is 27.6 Å². The van der Waals surface area contributed by atoms with Gasteiger partial charge in [-0.15, -0.1) is 0 Å². The highest BCUT2D eigenvalue weighted by Crippen LogP contribution is 2.34. The van der Waals surface area contributed by atoms with E-state index in [4.69, 9.17) is 16.3 Å². The van der Waals surface area contributed by atoms with Crippen molar-refractivity contribution >= 4 is 40.1 Å². The summed E-state index contributed by atoms with van der Waals surface area (Å²) in [4.78, 5) is 19.9. The topological polar surface area (TPSA) is 42.4 Å². The average molecular weight is 547 g/mol. The fourth-order valence-electron chi connectivity index (χ4n) is 4.05. The number of aromatic nitrogens is 1. The number of pyridine rings is 1. The molecule has 0 saturated carbocycles. The van der Waals surface area contributed by atoms with Crippen LogP contribution in [-0.4, -0.2) is 22.3 Å². The zero-order valence-corrected chi connectivity index (χ0v) is 20.8. The van der Waals surface area contributed by atoms with E-state index in [-0.39, 0.29) is 5.91 Å². The maximum absolute atomic E-state index is 13.4. The second kappa shape index (κ2) is 9.17. The Labute approximate surface area is 201 Å². The molecule has 1 aromatic heterocycles. The number of rotatable bonds is 5. The number of hydrogen-bond acceptors (Lipinski definition) is 3. The first-order chi connectivity index (χ1) is 14.8. The Hall–Kier alpha value is -2.12. The van der Waals surface area contributed by atoms with E-state index in [0.717, 1.165) is 43.5 Å². The highest BCUT2D eigenvalue weighted by Gasteiger charge is 2.30. The van der Waals surface area contributed by atoms with E-state index in [1.54, 1.807) is 0 Å². The van der Waals surface area contributed by atoms with Crippen molar-refractivity contribution in [3.63, 3.8) is 0 Å². The van der Waals surface area contributed by atoms with Crippen LogP contribution in [-0.2, 0) is 19.6 Å². The van der Waals surface area contributed by atoms with Crippen molar-refractivity contribution in [3.05, 3.63) is 90.1 Å². The monoisotopic (exact) mass is 546 g/mol. The highest BCUT2D eigenvalue weighted by atomic mass is 127. The number of benzene rings is 2. The van der Waals surface area contributed by atoms with E-state index in [9.17, 15) is 4.79 Å². The minimum atomic E-state index is -0.0261. The molecule has 3 aromatic rings. The quantitative estimate of drug-likeness (QED) is 0.366.